The zero-order chi connectivity index (χ0) is 19.6. The van der Waals surface area contributed by atoms with E-state index >= 15 is 0 Å². The Labute approximate surface area is 154 Å². The first kappa shape index (κ1) is 19.4. The Balaban J connectivity index is 1.69. The number of nitro benzene ring substituents is 1. The number of halogens is 3. The van der Waals surface area contributed by atoms with Crippen LogP contribution in [-0.4, -0.2) is 65.6 Å². The standard InChI is InChI=1S/C17H21F3N4O3/c18-17(19,20)11-22-6-1-7-23(9-8-22)16(25)12-2-5-14(21-13-3-4-13)15(10-12)24(26)27/h2,5,10,13,21H,1,3-4,6-9,11H2. The van der Waals surface area contributed by atoms with Crippen LogP contribution in [0.5, 0.6) is 0 Å². The monoisotopic (exact) mass is 386 g/mol. The largest absolute Gasteiger partial charge is 0.401 e. The van der Waals surface area contributed by atoms with Crippen molar-refractivity contribution >= 4 is 17.3 Å². The van der Waals surface area contributed by atoms with Crippen molar-refractivity contribution in [3.63, 3.8) is 0 Å². The molecule has 1 saturated heterocycles. The summed E-state index contributed by atoms with van der Waals surface area (Å²) in [5.41, 5.74) is 0.389. The fraction of sp³-hybridized carbons (Fsp3) is 0.588. The van der Waals surface area contributed by atoms with E-state index in [2.05, 4.69) is 5.32 Å². The lowest BCUT2D eigenvalue weighted by molar-refractivity contribution is -0.384. The van der Waals surface area contributed by atoms with Gasteiger partial charge in [-0.3, -0.25) is 19.8 Å². The molecule has 7 nitrogen and oxygen atoms in total. The van der Waals surface area contributed by atoms with E-state index in [9.17, 15) is 28.1 Å². The molecule has 10 heteroatoms. The van der Waals surface area contributed by atoms with Gasteiger partial charge in [-0.05, 0) is 31.4 Å². The molecule has 1 aliphatic heterocycles. The summed E-state index contributed by atoms with van der Waals surface area (Å²) in [5.74, 6) is -0.398. The first-order valence-corrected chi connectivity index (χ1v) is 8.86. The van der Waals surface area contributed by atoms with E-state index in [1.54, 1.807) is 0 Å². The van der Waals surface area contributed by atoms with Crippen LogP contribution in [0.2, 0.25) is 0 Å². The Morgan fingerprint density at radius 2 is 1.96 bits per heavy atom. The third-order valence-electron chi connectivity index (χ3n) is 4.66. The van der Waals surface area contributed by atoms with Crippen LogP contribution in [0.25, 0.3) is 0 Å². The third-order valence-corrected chi connectivity index (χ3v) is 4.66. The summed E-state index contributed by atoms with van der Waals surface area (Å²) in [7, 11) is 0. The van der Waals surface area contributed by atoms with Gasteiger partial charge in [-0.15, -0.1) is 0 Å². The van der Waals surface area contributed by atoms with Crippen LogP contribution in [0.15, 0.2) is 18.2 Å². The molecule has 27 heavy (non-hydrogen) atoms. The molecule has 2 aliphatic rings. The summed E-state index contributed by atoms with van der Waals surface area (Å²) in [5, 5.41) is 14.4. The minimum absolute atomic E-state index is 0.120. The molecule has 3 rings (SSSR count). The lowest BCUT2D eigenvalue weighted by atomic mass is 10.1. The van der Waals surface area contributed by atoms with Crippen LogP contribution >= 0.6 is 0 Å². The van der Waals surface area contributed by atoms with Gasteiger partial charge in [0.25, 0.3) is 11.6 Å². The van der Waals surface area contributed by atoms with Crippen molar-refractivity contribution in [3.05, 3.63) is 33.9 Å². The maximum atomic E-state index is 12.7. The average Bonchev–Trinajstić information content (AvgIpc) is 3.41. The molecule has 1 amide bonds. The summed E-state index contributed by atoms with van der Waals surface area (Å²) >= 11 is 0. The number of rotatable bonds is 5. The second kappa shape index (κ2) is 7.71. The Kier molecular flexibility index (Phi) is 5.54. The van der Waals surface area contributed by atoms with Crippen LogP contribution in [0.3, 0.4) is 0 Å². The third kappa shape index (κ3) is 5.31. The van der Waals surface area contributed by atoms with E-state index < -0.39 is 23.6 Å². The number of hydrogen-bond acceptors (Lipinski definition) is 5. The van der Waals surface area contributed by atoms with Crippen LogP contribution in [-0.2, 0) is 0 Å². The second-order valence-electron chi connectivity index (χ2n) is 6.94. The van der Waals surface area contributed by atoms with Gasteiger partial charge in [0.05, 0.1) is 11.5 Å². The Morgan fingerprint density at radius 1 is 1.22 bits per heavy atom. The highest BCUT2D eigenvalue weighted by Gasteiger charge is 2.32. The first-order valence-electron chi connectivity index (χ1n) is 8.86. The molecule has 2 fully saturated rings. The van der Waals surface area contributed by atoms with Crippen LogP contribution < -0.4 is 5.32 Å². The molecule has 1 aliphatic carbocycles. The molecule has 0 atom stereocenters. The van der Waals surface area contributed by atoms with Crippen molar-refractivity contribution in [1.82, 2.24) is 9.80 Å². The molecular formula is C17H21F3N4O3. The molecule has 0 radical (unpaired) electrons. The van der Waals surface area contributed by atoms with Gasteiger partial charge in [0.1, 0.15) is 5.69 Å². The molecule has 1 saturated carbocycles. The smallest absolute Gasteiger partial charge is 0.377 e. The quantitative estimate of drug-likeness (QED) is 0.622. The molecule has 1 aromatic carbocycles. The van der Waals surface area contributed by atoms with E-state index in [1.165, 1.54) is 28.0 Å². The molecule has 148 valence electrons. The lowest BCUT2D eigenvalue weighted by Gasteiger charge is -2.23. The minimum Gasteiger partial charge on any atom is -0.377 e. The number of carbonyl (C=O) groups is 1. The van der Waals surface area contributed by atoms with Crippen molar-refractivity contribution in [2.75, 3.05) is 38.0 Å². The highest BCUT2D eigenvalue weighted by atomic mass is 19.4. The number of alkyl halides is 3. The number of hydrogen-bond donors (Lipinski definition) is 1. The number of nitrogens with one attached hydrogen (secondary N) is 1. The lowest BCUT2D eigenvalue weighted by Crippen LogP contribution is -2.38. The Morgan fingerprint density at radius 3 is 2.59 bits per heavy atom. The number of carbonyl (C=O) groups excluding carboxylic acids is 1. The maximum absolute atomic E-state index is 12.7. The molecule has 1 N–H and O–H groups in total. The summed E-state index contributed by atoms with van der Waals surface area (Å²) in [6.45, 7) is -0.141. The van der Waals surface area contributed by atoms with Crippen molar-refractivity contribution in [2.24, 2.45) is 0 Å². The molecule has 1 aromatic rings. The SMILES string of the molecule is O=C(c1ccc(NC2CC2)c([N+](=O)[O-])c1)N1CCCN(CC(F)(F)F)CC1. The van der Waals surface area contributed by atoms with E-state index in [0.29, 0.717) is 18.7 Å². The Hall–Kier alpha value is -2.36. The van der Waals surface area contributed by atoms with Crippen LogP contribution in [0.1, 0.15) is 29.6 Å². The van der Waals surface area contributed by atoms with E-state index in [-0.39, 0.29) is 36.9 Å². The van der Waals surface area contributed by atoms with Crippen molar-refractivity contribution in [1.29, 1.82) is 0 Å². The summed E-state index contributed by atoms with van der Waals surface area (Å²) < 4.78 is 37.7. The normalized spacial score (nSPS) is 18.9. The summed E-state index contributed by atoms with van der Waals surface area (Å²) in [4.78, 5) is 26.2. The summed E-state index contributed by atoms with van der Waals surface area (Å²) in [6.07, 6.45) is -1.94. The predicted molar refractivity (Wildman–Crippen MR) is 92.8 cm³/mol. The predicted octanol–water partition coefficient (Wildman–Crippen LogP) is 2.88. The molecule has 0 bridgehead atoms. The minimum atomic E-state index is -4.27. The van der Waals surface area contributed by atoms with Crippen LogP contribution in [0.4, 0.5) is 24.5 Å². The van der Waals surface area contributed by atoms with Crippen LogP contribution in [0, 0.1) is 10.1 Å². The highest BCUT2D eigenvalue weighted by molar-refractivity contribution is 5.95. The molecule has 0 spiro atoms. The van der Waals surface area contributed by atoms with Gasteiger partial charge in [0.2, 0.25) is 0 Å². The van der Waals surface area contributed by atoms with Gasteiger partial charge in [-0.1, -0.05) is 0 Å². The fourth-order valence-corrected chi connectivity index (χ4v) is 3.15. The second-order valence-corrected chi connectivity index (χ2v) is 6.94. The van der Waals surface area contributed by atoms with E-state index in [4.69, 9.17) is 0 Å². The van der Waals surface area contributed by atoms with Crippen molar-refractivity contribution in [2.45, 2.75) is 31.5 Å². The topological polar surface area (TPSA) is 78.7 Å². The molecule has 1 heterocycles. The molecule has 0 unspecified atom stereocenters. The van der Waals surface area contributed by atoms with Gasteiger partial charge in [-0.2, -0.15) is 13.2 Å². The molecular weight excluding hydrogens is 365 g/mol. The molecule has 0 aromatic heterocycles. The maximum Gasteiger partial charge on any atom is 0.401 e. The first-order chi connectivity index (χ1) is 12.7. The highest BCUT2D eigenvalue weighted by Crippen LogP contribution is 2.32. The number of nitrogens with zero attached hydrogens (tertiary/aromatic N) is 3. The van der Waals surface area contributed by atoms with Crippen molar-refractivity contribution < 1.29 is 22.9 Å². The zero-order valence-electron chi connectivity index (χ0n) is 14.7. The average molecular weight is 386 g/mol. The van der Waals surface area contributed by atoms with E-state index in [0.717, 1.165) is 12.8 Å². The zero-order valence-corrected chi connectivity index (χ0v) is 14.7. The summed E-state index contributed by atoms with van der Waals surface area (Å²) in [6, 6.07) is 4.52. The number of anilines is 1. The van der Waals surface area contributed by atoms with Gasteiger partial charge in [-0.25, -0.2) is 0 Å². The van der Waals surface area contributed by atoms with Gasteiger partial charge in [0.15, 0.2) is 0 Å². The van der Waals surface area contributed by atoms with E-state index in [1.807, 2.05) is 0 Å². The fourth-order valence-electron chi connectivity index (χ4n) is 3.15. The number of amides is 1. The number of benzene rings is 1. The van der Waals surface area contributed by atoms with Gasteiger partial charge < -0.3 is 10.2 Å². The Bertz CT molecular complexity index is 722. The van der Waals surface area contributed by atoms with Crippen molar-refractivity contribution in [3.8, 4) is 0 Å². The van der Waals surface area contributed by atoms with Gasteiger partial charge in [0, 0.05) is 43.9 Å². The van der Waals surface area contributed by atoms with Gasteiger partial charge >= 0.3 is 6.18 Å². The number of nitro groups is 1.